The average Bonchev–Trinajstić information content (AvgIpc) is 3.13. The summed E-state index contributed by atoms with van der Waals surface area (Å²) in [5.41, 5.74) is 4.92. The highest BCUT2D eigenvalue weighted by Gasteiger charge is 2.31. The lowest BCUT2D eigenvalue weighted by molar-refractivity contribution is -0.644. The summed E-state index contributed by atoms with van der Waals surface area (Å²) >= 11 is 0. The van der Waals surface area contributed by atoms with Crippen LogP contribution in [0.3, 0.4) is 0 Å². The summed E-state index contributed by atoms with van der Waals surface area (Å²) in [4.78, 5) is 0. The van der Waals surface area contributed by atoms with Crippen LogP contribution in [0.2, 0.25) is 0 Å². The van der Waals surface area contributed by atoms with Crippen LogP contribution in [0.1, 0.15) is 63.7 Å². The van der Waals surface area contributed by atoms with E-state index in [0.717, 1.165) is 42.6 Å². The summed E-state index contributed by atoms with van der Waals surface area (Å²) in [5.74, 6) is 0.233. The Morgan fingerprint density at radius 3 is 2.41 bits per heavy atom. The first-order valence-corrected chi connectivity index (χ1v) is 11.9. The Morgan fingerprint density at radius 2 is 1.62 bits per heavy atom. The molecule has 32 heavy (non-hydrogen) atoms. The van der Waals surface area contributed by atoms with E-state index in [1.807, 2.05) is 0 Å². The van der Waals surface area contributed by atoms with Gasteiger partial charge in [0.2, 0.25) is 5.52 Å². The van der Waals surface area contributed by atoms with Crippen molar-refractivity contribution in [3.63, 3.8) is 0 Å². The van der Waals surface area contributed by atoms with Crippen molar-refractivity contribution >= 4 is 43.4 Å². The number of hydrogen-bond donors (Lipinski definition) is 0. The van der Waals surface area contributed by atoms with Crippen molar-refractivity contribution in [2.24, 2.45) is 12.5 Å². The van der Waals surface area contributed by atoms with E-state index < -0.39 is 5.89 Å². The van der Waals surface area contributed by atoms with Gasteiger partial charge in [-0.15, -0.1) is 0 Å². The third kappa shape index (κ3) is 2.75. The molecule has 0 radical (unpaired) electrons. The average molecular weight is 424 g/mol. The van der Waals surface area contributed by atoms with Crippen LogP contribution in [0.15, 0.2) is 53.1 Å². The Morgan fingerprint density at radius 1 is 0.906 bits per heavy atom. The third-order valence-corrected chi connectivity index (χ3v) is 7.87. The smallest absolute Gasteiger partial charge is 0.221 e. The van der Waals surface area contributed by atoms with Gasteiger partial charge in [-0.1, -0.05) is 32.0 Å². The molecule has 0 spiro atoms. The molecule has 1 aliphatic rings. The van der Waals surface area contributed by atoms with Crippen LogP contribution in [0.4, 0.5) is 0 Å². The van der Waals surface area contributed by atoms with Gasteiger partial charge in [0, 0.05) is 24.1 Å². The lowest BCUT2D eigenvalue weighted by atomic mass is 9.72. The van der Waals surface area contributed by atoms with Crippen molar-refractivity contribution in [3.8, 4) is 0 Å². The maximum Gasteiger partial charge on any atom is 0.221 e. The molecule has 1 saturated carbocycles. The second kappa shape index (κ2) is 6.81. The van der Waals surface area contributed by atoms with Crippen molar-refractivity contribution in [1.82, 2.24) is 0 Å². The fraction of sp³-hybridized carbons (Fsp3) is 0.367. The van der Waals surface area contributed by atoms with Gasteiger partial charge in [0.1, 0.15) is 18.4 Å². The van der Waals surface area contributed by atoms with Gasteiger partial charge >= 0.3 is 0 Å². The highest BCUT2D eigenvalue weighted by Crippen LogP contribution is 2.47. The summed E-state index contributed by atoms with van der Waals surface area (Å²) < 4.78 is 18.2. The number of aromatic nitrogens is 1. The highest BCUT2D eigenvalue weighted by molar-refractivity contribution is 6.30. The molecule has 2 nitrogen and oxygen atoms in total. The van der Waals surface area contributed by atoms with Gasteiger partial charge in [0.15, 0.2) is 6.20 Å². The summed E-state index contributed by atoms with van der Waals surface area (Å²) in [7, 11) is 2.14. The Hall–Kier alpha value is -2.87. The molecular formula is C30H32NO+. The number of furan rings is 1. The molecule has 2 heteroatoms. The van der Waals surface area contributed by atoms with Gasteiger partial charge in [-0.25, -0.2) is 4.57 Å². The predicted molar refractivity (Wildman–Crippen MR) is 134 cm³/mol. The zero-order valence-electron chi connectivity index (χ0n) is 20.8. The molecule has 2 aromatic heterocycles. The van der Waals surface area contributed by atoms with Crippen molar-refractivity contribution in [3.05, 3.63) is 65.5 Å². The normalized spacial score (nSPS) is 18.6. The van der Waals surface area contributed by atoms with Crippen molar-refractivity contribution in [2.75, 3.05) is 0 Å². The zero-order valence-corrected chi connectivity index (χ0v) is 19.8. The topological polar surface area (TPSA) is 17.0 Å². The molecule has 0 saturated heterocycles. The van der Waals surface area contributed by atoms with Crippen LogP contribution in [0.5, 0.6) is 0 Å². The molecule has 0 unspecified atom stereocenters. The Balaban J connectivity index is 1.75. The van der Waals surface area contributed by atoms with E-state index >= 15 is 0 Å². The van der Waals surface area contributed by atoms with Crippen LogP contribution in [-0.2, 0) is 7.05 Å². The Bertz CT molecular complexity index is 1580. The predicted octanol–water partition coefficient (Wildman–Crippen LogP) is 8.02. The van der Waals surface area contributed by atoms with Crippen LogP contribution in [0.25, 0.3) is 43.4 Å². The summed E-state index contributed by atoms with van der Waals surface area (Å²) in [6, 6.07) is 15.3. The molecule has 6 rings (SSSR count). The van der Waals surface area contributed by atoms with Crippen molar-refractivity contribution in [1.29, 1.82) is 0 Å². The van der Waals surface area contributed by atoms with Crippen LogP contribution >= 0.6 is 0 Å². The molecule has 0 N–H and O–H groups in total. The van der Waals surface area contributed by atoms with E-state index in [0.29, 0.717) is 5.41 Å². The number of benzene rings is 3. The molecule has 0 amide bonds. The highest BCUT2D eigenvalue weighted by atomic mass is 16.3. The van der Waals surface area contributed by atoms with Gasteiger partial charge < -0.3 is 4.42 Å². The molecule has 1 aliphatic carbocycles. The minimum absolute atomic E-state index is 0.318. The number of aryl methyl sites for hydroxylation is 3. The lowest BCUT2D eigenvalue weighted by Crippen LogP contribution is -2.28. The molecule has 5 aromatic rings. The second-order valence-corrected chi connectivity index (χ2v) is 10.6. The largest absolute Gasteiger partial charge is 0.460 e. The molecule has 2 heterocycles. The summed E-state index contributed by atoms with van der Waals surface area (Å²) in [6.45, 7) is 9.02. The monoisotopic (exact) mass is 423 g/mol. The number of fused-ring (bicyclic) bond motifs is 8. The van der Waals surface area contributed by atoms with E-state index in [1.54, 1.807) is 0 Å². The lowest BCUT2D eigenvalue weighted by Gasteiger charge is -2.33. The van der Waals surface area contributed by atoms with Crippen molar-refractivity contribution < 1.29 is 10.4 Å². The molecule has 162 valence electrons. The SMILES string of the molecule is [2H]C1(c2oc3ccc4c5cccc(C)c5c5c(ccc[n+]5C)c4c3c2C)CCC(C)(C)CC1. The zero-order chi connectivity index (χ0) is 23.1. The van der Waals surface area contributed by atoms with Gasteiger partial charge in [-0.2, -0.15) is 0 Å². The van der Waals surface area contributed by atoms with Gasteiger partial charge in [-0.3, -0.25) is 0 Å². The van der Waals surface area contributed by atoms with Gasteiger partial charge in [-0.05, 0) is 85.0 Å². The fourth-order valence-corrected chi connectivity index (χ4v) is 5.97. The summed E-state index contributed by atoms with van der Waals surface area (Å²) in [6.07, 6.45) is 5.98. The molecule has 0 bridgehead atoms. The van der Waals surface area contributed by atoms with Crippen LogP contribution < -0.4 is 4.57 Å². The maximum absolute atomic E-state index is 9.38. The van der Waals surface area contributed by atoms with E-state index in [2.05, 4.69) is 88.0 Å². The first-order valence-electron chi connectivity index (χ1n) is 12.4. The van der Waals surface area contributed by atoms with E-state index in [1.165, 1.54) is 43.4 Å². The van der Waals surface area contributed by atoms with Gasteiger partial charge in [0.05, 0.1) is 10.8 Å². The Labute approximate surface area is 191 Å². The number of hydrogen-bond acceptors (Lipinski definition) is 1. The van der Waals surface area contributed by atoms with Crippen LogP contribution in [-0.4, -0.2) is 0 Å². The first kappa shape index (κ1) is 18.7. The minimum Gasteiger partial charge on any atom is -0.460 e. The van der Waals surface area contributed by atoms with E-state index in [4.69, 9.17) is 4.42 Å². The van der Waals surface area contributed by atoms with E-state index in [9.17, 15) is 1.37 Å². The molecule has 0 atom stereocenters. The van der Waals surface area contributed by atoms with Crippen LogP contribution in [0, 0.1) is 19.3 Å². The molecule has 1 fully saturated rings. The molecule has 3 aromatic carbocycles. The van der Waals surface area contributed by atoms with Gasteiger partial charge in [0.25, 0.3) is 0 Å². The van der Waals surface area contributed by atoms with Crippen molar-refractivity contribution in [2.45, 2.75) is 59.3 Å². The molecular weight excluding hydrogens is 390 g/mol. The standard InChI is InChI=1S/C30H32NO/c1-18-8-6-9-21-22-11-12-24-26(27(22)23-10-7-17-31(5)28(23)25(18)21)19(2)29(32-24)20-13-15-30(3,4)16-14-20/h6-12,17,20H,13-16H2,1-5H3/q+1/i20D. The number of rotatable bonds is 1. The minimum atomic E-state index is -0.640. The fourth-order valence-electron chi connectivity index (χ4n) is 5.97. The maximum atomic E-state index is 9.38. The second-order valence-electron chi connectivity index (χ2n) is 10.6. The van der Waals surface area contributed by atoms with E-state index in [-0.39, 0.29) is 0 Å². The quantitative estimate of drug-likeness (QED) is 0.197. The third-order valence-electron chi connectivity index (χ3n) is 7.87. The molecule has 0 aliphatic heterocycles. The number of pyridine rings is 1. The first-order chi connectivity index (χ1) is 15.7. The number of nitrogens with zero attached hydrogens (tertiary/aromatic N) is 1. The Kier molecular flexibility index (Phi) is 3.98. The summed E-state index contributed by atoms with van der Waals surface area (Å²) in [5, 5.41) is 7.54.